The van der Waals surface area contributed by atoms with Crippen molar-refractivity contribution in [3.63, 3.8) is 0 Å². The van der Waals surface area contributed by atoms with Gasteiger partial charge in [0, 0.05) is 17.0 Å². The Bertz CT molecular complexity index is 1050. The van der Waals surface area contributed by atoms with Gasteiger partial charge in [0.25, 0.3) is 5.56 Å². The lowest BCUT2D eigenvalue weighted by atomic mass is 10.1. The van der Waals surface area contributed by atoms with E-state index in [1.807, 2.05) is 13.8 Å². The van der Waals surface area contributed by atoms with Gasteiger partial charge in [-0.2, -0.15) is 0 Å². The van der Waals surface area contributed by atoms with E-state index in [0.29, 0.717) is 22.7 Å². The number of phenols is 1. The molecule has 0 aliphatic heterocycles. The van der Waals surface area contributed by atoms with Crippen LogP contribution in [0.1, 0.15) is 34.6 Å². The molecule has 3 rings (SSSR count). The summed E-state index contributed by atoms with van der Waals surface area (Å²) in [5, 5.41) is 10.6. The number of hydrogen-bond donors (Lipinski definition) is 1. The van der Waals surface area contributed by atoms with Crippen LogP contribution in [0.15, 0.2) is 34.2 Å². The molecule has 0 aliphatic carbocycles. The minimum Gasteiger partial charge on any atom is -0.508 e. The number of rotatable bonds is 6. The molecule has 0 saturated carbocycles. The highest BCUT2D eigenvalue weighted by atomic mass is 32.2. The van der Waals surface area contributed by atoms with Crippen molar-refractivity contribution in [2.24, 2.45) is 5.92 Å². The van der Waals surface area contributed by atoms with Crippen LogP contribution in [0.25, 0.3) is 10.2 Å². The summed E-state index contributed by atoms with van der Waals surface area (Å²) in [6.07, 6.45) is 0. The van der Waals surface area contributed by atoms with Crippen molar-refractivity contribution in [3.05, 3.63) is 50.6 Å². The van der Waals surface area contributed by atoms with Crippen LogP contribution in [0.2, 0.25) is 0 Å². The van der Waals surface area contributed by atoms with Crippen molar-refractivity contribution in [2.75, 3.05) is 5.75 Å². The number of aromatic nitrogens is 2. The maximum absolute atomic E-state index is 13.1. The van der Waals surface area contributed by atoms with Crippen LogP contribution in [0.3, 0.4) is 0 Å². The Morgan fingerprint density at radius 3 is 2.56 bits per heavy atom. The zero-order chi connectivity index (χ0) is 19.7. The number of thiophene rings is 1. The van der Waals surface area contributed by atoms with Crippen LogP contribution >= 0.6 is 23.1 Å². The number of thioether (sulfide) groups is 1. The van der Waals surface area contributed by atoms with Gasteiger partial charge in [-0.25, -0.2) is 4.98 Å². The highest BCUT2D eigenvalue weighted by Gasteiger charge is 2.18. The molecule has 0 atom stereocenters. The SMILES string of the molecule is Cc1sc2nc(SCC(=O)c3ccc(O)cc3)n(CC(C)C)c(=O)c2c1C. The predicted octanol–water partition coefficient (Wildman–Crippen LogP) is 4.41. The molecule has 1 N–H and O–H groups in total. The summed E-state index contributed by atoms with van der Waals surface area (Å²) in [5.41, 5.74) is 1.49. The molecule has 1 aromatic carbocycles. The van der Waals surface area contributed by atoms with Gasteiger partial charge in [0.05, 0.1) is 11.1 Å². The molecular formula is C20H22N2O3S2. The van der Waals surface area contributed by atoms with Crippen molar-refractivity contribution < 1.29 is 9.90 Å². The van der Waals surface area contributed by atoms with E-state index < -0.39 is 0 Å². The number of benzene rings is 1. The smallest absolute Gasteiger partial charge is 0.263 e. The van der Waals surface area contributed by atoms with Gasteiger partial charge in [-0.05, 0) is 49.6 Å². The Kier molecular flexibility index (Phi) is 5.72. The molecule has 3 aromatic rings. The van der Waals surface area contributed by atoms with Crippen molar-refractivity contribution >= 4 is 39.1 Å². The summed E-state index contributed by atoms with van der Waals surface area (Å²) >= 11 is 2.80. The van der Waals surface area contributed by atoms with Gasteiger partial charge in [-0.3, -0.25) is 14.2 Å². The molecular weight excluding hydrogens is 380 g/mol. The summed E-state index contributed by atoms with van der Waals surface area (Å²) in [7, 11) is 0. The first-order valence-corrected chi connectivity index (χ1v) is 10.5. The largest absolute Gasteiger partial charge is 0.508 e. The normalized spacial score (nSPS) is 11.4. The number of ketones is 1. The first-order chi connectivity index (χ1) is 12.8. The Hall–Kier alpha value is -2.12. The Labute approximate surface area is 166 Å². The zero-order valence-corrected chi connectivity index (χ0v) is 17.4. The molecule has 5 nitrogen and oxygen atoms in total. The number of hydrogen-bond acceptors (Lipinski definition) is 6. The third kappa shape index (κ3) is 4.09. The summed E-state index contributed by atoms with van der Waals surface area (Å²) in [6.45, 7) is 8.62. The molecule has 2 aromatic heterocycles. The fourth-order valence-corrected chi connectivity index (χ4v) is 4.78. The number of carbonyl (C=O) groups excluding carboxylic acids is 1. The molecule has 7 heteroatoms. The van der Waals surface area contributed by atoms with E-state index >= 15 is 0 Å². The summed E-state index contributed by atoms with van der Waals surface area (Å²) in [6, 6.07) is 6.19. The lowest BCUT2D eigenvalue weighted by Gasteiger charge is -2.14. The molecule has 0 spiro atoms. The predicted molar refractivity (Wildman–Crippen MR) is 111 cm³/mol. The van der Waals surface area contributed by atoms with E-state index in [0.717, 1.165) is 15.3 Å². The summed E-state index contributed by atoms with van der Waals surface area (Å²) in [5.74, 6) is 0.531. The van der Waals surface area contributed by atoms with Crippen LogP contribution in [-0.4, -0.2) is 26.2 Å². The van der Waals surface area contributed by atoms with Gasteiger partial charge in [-0.15, -0.1) is 11.3 Å². The summed E-state index contributed by atoms with van der Waals surface area (Å²) in [4.78, 5) is 32.1. The molecule has 142 valence electrons. The van der Waals surface area contributed by atoms with Crippen LogP contribution in [0.4, 0.5) is 0 Å². The first-order valence-electron chi connectivity index (χ1n) is 8.73. The molecule has 27 heavy (non-hydrogen) atoms. The molecule has 0 amide bonds. The highest BCUT2D eigenvalue weighted by Crippen LogP contribution is 2.29. The lowest BCUT2D eigenvalue weighted by Crippen LogP contribution is -2.25. The fraction of sp³-hybridized carbons (Fsp3) is 0.350. The van der Waals surface area contributed by atoms with E-state index in [9.17, 15) is 14.7 Å². The van der Waals surface area contributed by atoms with Gasteiger partial charge in [-0.1, -0.05) is 25.6 Å². The second-order valence-electron chi connectivity index (χ2n) is 6.93. The second-order valence-corrected chi connectivity index (χ2v) is 9.07. The van der Waals surface area contributed by atoms with Gasteiger partial charge >= 0.3 is 0 Å². The standard InChI is InChI=1S/C20H22N2O3S2/c1-11(2)9-22-19(25)17-12(3)13(4)27-18(17)21-20(22)26-10-16(24)14-5-7-15(23)8-6-14/h5-8,11,23H,9-10H2,1-4H3. The Balaban J connectivity index is 1.96. The first kappa shape index (κ1) is 19.6. The fourth-order valence-electron chi connectivity index (χ4n) is 2.81. The number of Topliss-reactive ketones (excluding diaryl/α,β-unsaturated/α-hetero) is 1. The number of aromatic hydroxyl groups is 1. The number of fused-ring (bicyclic) bond motifs is 1. The third-order valence-corrected chi connectivity index (χ3v) is 6.40. The van der Waals surface area contributed by atoms with Gasteiger partial charge in [0.15, 0.2) is 10.9 Å². The average Bonchev–Trinajstić information content (AvgIpc) is 2.90. The van der Waals surface area contributed by atoms with Crippen molar-refractivity contribution in [1.82, 2.24) is 9.55 Å². The minimum absolute atomic E-state index is 0.0323. The summed E-state index contributed by atoms with van der Waals surface area (Å²) < 4.78 is 1.70. The van der Waals surface area contributed by atoms with E-state index in [2.05, 4.69) is 13.8 Å². The molecule has 0 aliphatic rings. The monoisotopic (exact) mass is 402 g/mol. The van der Waals surface area contributed by atoms with Crippen LogP contribution < -0.4 is 5.56 Å². The third-order valence-electron chi connectivity index (χ3n) is 4.32. The lowest BCUT2D eigenvalue weighted by molar-refractivity contribution is 0.102. The number of carbonyl (C=O) groups is 1. The molecule has 0 unspecified atom stereocenters. The highest BCUT2D eigenvalue weighted by molar-refractivity contribution is 7.99. The number of nitrogens with zero attached hydrogens (tertiary/aromatic N) is 2. The van der Waals surface area contributed by atoms with E-state index in [1.54, 1.807) is 16.7 Å². The van der Waals surface area contributed by atoms with Crippen molar-refractivity contribution in [1.29, 1.82) is 0 Å². The molecule has 0 fully saturated rings. The van der Waals surface area contributed by atoms with Crippen LogP contribution in [0.5, 0.6) is 5.75 Å². The number of aryl methyl sites for hydroxylation is 2. The van der Waals surface area contributed by atoms with E-state index in [-0.39, 0.29) is 28.8 Å². The van der Waals surface area contributed by atoms with E-state index in [4.69, 9.17) is 4.98 Å². The maximum Gasteiger partial charge on any atom is 0.263 e. The zero-order valence-electron chi connectivity index (χ0n) is 15.8. The van der Waals surface area contributed by atoms with Crippen molar-refractivity contribution in [3.8, 4) is 5.75 Å². The molecule has 0 radical (unpaired) electrons. The molecule has 2 heterocycles. The Morgan fingerprint density at radius 1 is 1.26 bits per heavy atom. The Morgan fingerprint density at radius 2 is 1.93 bits per heavy atom. The van der Waals surface area contributed by atoms with Gasteiger partial charge in [0.1, 0.15) is 10.6 Å². The quantitative estimate of drug-likeness (QED) is 0.376. The van der Waals surface area contributed by atoms with E-state index in [1.165, 1.54) is 35.2 Å². The number of phenolic OH excluding ortho intramolecular Hbond substituents is 1. The van der Waals surface area contributed by atoms with Crippen LogP contribution in [-0.2, 0) is 6.54 Å². The van der Waals surface area contributed by atoms with Gasteiger partial charge in [0.2, 0.25) is 0 Å². The van der Waals surface area contributed by atoms with Crippen LogP contribution in [0, 0.1) is 19.8 Å². The minimum atomic E-state index is -0.0658. The van der Waals surface area contributed by atoms with Gasteiger partial charge < -0.3 is 5.11 Å². The molecule has 0 bridgehead atoms. The topological polar surface area (TPSA) is 72.2 Å². The van der Waals surface area contributed by atoms with Crippen molar-refractivity contribution in [2.45, 2.75) is 39.4 Å². The second kappa shape index (κ2) is 7.86. The molecule has 0 saturated heterocycles. The maximum atomic E-state index is 13.1. The average molecular weight is 403 g/mol.